The molecule has 0 N–H and O–H groups in total. The van der Waals surface area contributed by atoms with Gasteiger partial charge in [0.2, 0.25) is 0 Å². The molecule has 0 saturated heterocycles. The number of fused-ring (bicyclic) bond motifs is 1. The summed E-state index contributed by atoms with van der Waals surface area (Å²) in [7, 11) is 0. The van der Waals surface area contributed by atoms with Crippen LogP contribution >= 0.6 is 0 Å². The molecule has 4 fully saturated rings. The molecular weight excluding hydrogens is 332 g/mol. The van der Waals surface area contributed by atoms with Crippen LogP contribution in [0.15, 0.2) is 0 Å². The number of hydrogen-bond donors (Lipinski definition) is 0. The van der Waals surface area contributed by atoms with Crippen molar-refractivity contribution in [2.75, 3.05) is 6.79 Å². The summed E-state index contributed by atoms with van der Waals surface area (Å²) in [5.41, 5.74) is 0. The first-order chi connectivity index (χ1) is 13.4. The molecule has 0 aromatic carbocycles. The van der Waals surface area contributed by atoms with Crippen LogP contribution in [-0.2, 0) is 9.47 Å². The largest absolute Gasteiger partial charge is 0.352 e. The Morgan fingerprint density at radius 2 is 1.11 bits per heavy atom. The molecule has 2 nitrogen and oxygen atoms in total. The van der Waals surface area contributed by atoms with Gasteiger partial charge < -0.3 is 9.47 Å². The molecule has 27 heavy (non-hydrogen) atoms. The topological polar surface area (TPSA) is 18.5 Å². The zero-order valence-electron chi connectivity index (χ0n) is 17.3. The molecule has 0 bridgehead atoms. The molecule has 3 atom stereocenters. The molecule has 0 aliphatic heterocycles. The van der Waals surface area contributed by atoms with Crippen LogP contribution in [0, 0.1) is 35.5 Å². The third-order valence-corrected chi connectivity index (χ3v) is 7.87. The monoisotopic (exact) mass is 372 g/mol. The van der Waals surface area contributed by atoms with Crippen molar-refractivity contribution in [3.8, 4) is 11.8 Å². The van der Waals surface area contributed by atoms with Gasteiger partial charge in [0, 0.05) is 11.8 Å². The Kier molecular flexibility index (Phi) is 7.56. The van der Waals surface area contributed by atoms with Gasteiger partial charge in [-0.15, -0.1) is 0 Å². The molecule has 2 heteroatoms. The second-order valence-corrected chi connectivity index (χ2v) is 9.79. The molecule has 0 amide bonds. The van der Waals surface area contributed by atoms with Crippen LogP contribution in [0.3, 0.4) is 0 Å². The van der Waals surface area contributed by atoms with Crippen molar-refractivity contribution in [2.24, 2.45) is 23.7 Å². The van der Waals surface area contributed by atoms with E-state index in [0.717, 1.165) is 11.8 Å². The van der Waals surface area contributed by atoms with Crippen molar-refractivity contribution < 1.29 is 9.47 Å². The third-order valence-electron chi connectivity index (χ3n) is 7.87. The predicted octanol–water partition coefficient (Wildman–Crippen LogP) is 6.48. The minimum atomic E-state index is 0.406. The Labute approximate surface area is 167 Å². The summed E-state index contributed by atoms with van der Waals surface area (Å²) < 4.78 is 12.2. The highest BCUT2D eigenvalue weighted by atomic mass is 16.7. The van der Waals surface area contributed by atoms with E-state index in [2.05, 4.69) is 11.8 Å². The fourth-order valence-electron chi connectivity index (χ4n) is 6.07. The van der Waals surface area contributed by atoms with Crippen molar-refractivity contribution in [3.05, 3.63) is 0 Å². The summed E-state index contributed by atoms with van der Waals surface area (Å²) in [6.45, 7) is 0.519. The molecule has 4 aliphatic rings. The highest BCUT2D eigenvalue weighted by Gasteiger charge is 2.32. The van der Waals surface area contributed by atoms with Gasteiger partial charge in [-0.05, 0) is 69.6 Å². The van der Waals surface area contributed by atoms with Gasteiger partial charge >= 0.3 is 0 Å². The molecule has 0 heterocycles. The number of ether oxygens (including phenoxy) is 2. The van der Waals surface area contributed by atoms with Gasteiger partial charge in [0.1, 0.15) is 6.79 Å². The number of rotatable bonds is 4. The minimum Gasteiger partial charge on any atom is -0.352 e. The van der Waals surface area contributed by atoms with E-state index >= 15 is 0 Å². The molecule has 4 rings (SSSR count). The zero-order chi connectivity index (χ0) is 18.3. The van der Waals surface area contributed by atoms with E-state index in [1.807, 2.05) is 0 Å². The molecule has 152 valence electrons. The van der Waals surface area contributed by atoms with Crippen LogP contribution in [0.2, 0.25) is 0 Å². The summed E-state index contributed by atoms with van der Waals surface area (Å²) >= 11 is 0. The van der Waals surface area contributed by atoms with Crippen LogP contribution in [0.4, 0.5) is 0 Å². The first-order valence-electron chi connectivity index (χ1n) is 12.1. The number of hydrogen-bond acceptors (Lipinski definition) is 2. The van der Waals surface area contributed by atoms with Crippen LogP contribution in [-0.4, -0.2) is 19.0 Å². The van der Waals surface area contributed by atoms with Gasteiger partial charge in [-0.3, -0.25) is 0 Å². The van der Waals surface area contributed by atoms with E-state index in [4.69, 9.17) is 9.47 Å². The highest BCUT2D eigenvalue weighted by molar-refractivity contribution is 5.08. The average Bonchev–Trinajstić information content (AvgIpc) is 2.74. The maximum Gasteiger partial charge on any atom is 0.147 e. The maximum atomic E-state index is 6.14. The first-order valence-corrected chi connectivity index (χ1v) is 12.1. The summed E-state index contributed by atoms with van der Waals surface area (Å²) in [5, 5.41) is 0. The lowest BCUT2D eigenvalue weighted by atomic mass is 9.70. The Balaban J connectivity index is 1.10. The maximum absolute atomic E-state index is 6.14. The van der Waals surface area contributed by atoms with Crippen molar-refractivity contribution in [3.63, 3.8) is 0 Å². The Morgan fingerprint density at radius 3 is 1.89 bits per heavy atom. The molecule has 4 saturated carbocycles. The predicted molar refractivity (Wildman–Crippen MR) is 110 cm³/mol. The van der Waals surface area contributed by atoms with Crippen LogP contribution < -0.4 is 0 Å². The van der Waals surface area contributed by atoms with Gasteiger partial charge in [0.05, 0.1) is 12.2 Å². The lowest BCUT2D eigenvalue weighted by Crippen LogP contribution is -2.32. The summed E-state index contributed by atoms with van der Waals surface area (Å²) in [6, 6.07) is 0. The first kappa shape index (κ1) is 19.8. The lowest BCUT2D eigenvalue weighted by Gasteiger charge is -2.39. The normalized spacial score (nSPS) is 37.9. The molecule has 0 aromatic rings. The van der Waals surface area contributed by atoms with Gasteiger partial charge in [-0.2, -0.15) is 0 Å². The van der Waals surface area contributed by atoms with Crippen LogP contribution in [0.1, 0.15) is 103 Å². The molecule has 0 radical (unpaired) electrons. The Hall–Kier alpha value is -0.520. The summed E-state index contributed by atoms with van der Waals surface area (Å²) in [5.74, 6) is 10.5. The van der Waals surface area contributed by atoms with Crippen molar-refractivity contribution in [2.45, 2.75) is 115 Å². The van der Waals surface area contributed by atoms with Crippen molar-refractivity contribution in [1.29, 1.82) is 0 Å². The van der Waals surface area contributed by atoms with Gasteiger partial charge in [0.15, 0.2) is 0 Å². The highest BCUT2D eigenvalue weighted by Crippen LogP contribution is 2.41. The van der Waals surface area contributed by atoms with Gasteiger partial charge in [-0.25, -0.2) is 0 Å². The molecule has 0 aromatic heterocycles. The van der Waals surface area contributed by atoms with Crippen LogP contribution in [0.5, 0.6) is 0 Å². The van der Waals surface area contributed by atoms with E-state index in [1.165, 1.54) is 103 Å². The Morgan fingerprint density at radius 1 is 0.519 bits per heavy atom. The fourth-order valence-corrected chi connectivity index (χ4v) is 6.07. The van der Waals surface area contributed by atoms with E-state index in [0.29, 0.717) is 30.8 Å². The molecule has 0 spiro atoms. The van der Waals surface area contributed by atoms with E-state index in [1.54, 1.807) is 0 Å². The lowest BCUT2D eigenvalue weighted by molar-refractivity contribution is -0.140. The smallest absolute Gasteiger partial charge is 0.147 e. The fraction of sp³-hybridized carbons (Fsp3) is 0.920. The van der Waals surface area contributed by atoms with E-state index < -0.39 is 0 Å². The van der Waals surface area contributed by atoms with Gasteiger partial charge in [0.25, 0.3) is 0 Å². The second kappa shape index (κ2) is 10.3. The standard InChI is InChI=1S/C25H40O2/c1-2-6-20(7-3-1)10-11-21-12-15-24(16-13-21)26-19-27-25-17-14-22-8-4-5-9-23(22)18-25/h20-25H,1-9,12-19H2. The van der Waals surface area contributed by atoms with Crippen molar-refractivity contribution in [1.82, 2.24) is 0 Å². The van der Waals surface area contributed by atoms with Crippen LogP contribution in [0.25, 0.3) is 0 Å². The third kappa shape index (κ3) is 5.98. The minimum absolute atomic E-state index is 0.406. The SMILES string of the molecule is C(#CC1CCC(OCOC2CCC3CCCCC3C2)CC1)C1CCCCC1. The quantitative estimate of drug-likeness (QED) is 0.415. The zero-order valence-corrected chi connectivity index (χ0v) is 17.3. The molecular formula is C25H40O2. The average molecular weight is 373 g/mol. The molecule has 4 aliphatic carbocycles. The van der Waals surface area contributed by atoms with Crippen molar-refractivity contribution >= 4 is 0 Å². The molecule has 3 unspecified atom stereocenters. The summed E-state index contributed by atoms with van der Waals surface area (Å²) in [6.07, 6.45) is 22.3. The van der Waals surface area contributed by atoms with E-state index in [-0.39, 0.29) is 0 Å². The van der Waals surface area contributed by atoms with Gasteiger partial charge in [-0.1, -0.05) is 56.8 Å². The van der Waals surface area contributed by atoms with E-state index in [9.17, 15) is 0 Å². The second-order valence-electron chi connectivity index (χ2n) is 9.79. The Bertz CT molecular complexity index is 490. The summed E-state index contributed by atoms with van der Waals surface area (Å²) in [4.78, 5) is 0.